The van der Waals surface area contributed by atoms with E-state index in [1.54, 1.807) is 4.90 Å². The minimum absolute atomic E-state index is 0.0201. The molecule has 0 saturated heterocycles. The van der Waals surface area contributed by atoms with E-state index in [2.05, 4.69) is 15.9 Å². The quantitative estimate of drug-likeness (QED) is 0.921. The van der Waals surface area contributed by atoms with Gasteiger partial charge in [-0.2, -0.15) is 0 Å². The normalized spacial score (nSPS) is 19.6. The Labute approximate surface area is 125 Å². The predicted octanol–water partition coefficient (Wildman–Crippen LogP) is 3.08. The molecule has 20 heavy (non-hydrogen) atoms. The molecule has 0 atom stereocenters. The summed E-state index contributed by atoms with van der Waals surface area (Å²) in [6.45, 7) is 0.249. The van der Waals surface area contributed by atoms with Crippen LogP contribution in [-0.2, 0) is 15.0 Å². The Bertz CT molecular complexity index is 578. The first kappa shape index (κ1) is 13.6. The second kappa shape index (κ2) is 4.88. The first-order valence-electron chi connectivity index (χ1n) is 6.88. The van der Waals surface area contributed by atoms with Crippen molar-refractivity contribution in [1.29, 1.82) is 0 Å². The molecule has 1 fully saturated rings. The van der Waals surface area contributed by atoms with Crippen molar-refractivity contribution in [2.24, 2.45) is 0 Å². The summed E-state index contributed by atoms with van der Waals surface area (Å²) in [5.74, 6) is -0.786. The molecule has 1 spiro atoms. The van der Waals surface area contributed by atoms with E-state index in [1.165, 1.54) is 0 Å². The van der Waals surface area contributed by atoms with Crippen molar-refractivity contribution in [3.05, 3.63) is 28.2 Å². The van der Waals surface area contributed by atoms with Gasteiger partial charge in [0.05, 0.1) is 11.8 Å². The van der Waals surface area contributed by atoms with Gasteiger partial charge in [0, 0.05) is 16.7 Å². The molecule has 1 N–H and O–H groups in total. The fourth-order valence-corrected chi connectivity index (χ4v) is 3.86. The Morgan fingerprint density at radius 1 is 1.35 bits per heavy atom. The predicted molar refractivity (Wildman–Crippen MR) is 78.9 cm³/mol. The van der Waals surface area contributed by atoms with Crippen molar-refractivity contribution in [1.82, 2.24) is 0 Å². The van der Waals surface area contributed by atoms with Crippen LogP contribution in [0.3, 0.4) is 0 Å². The molecule has 1 aliphatic heterocycles. The van der Waals surface area contributed by atoms with Crippen molar-refractivity contribution < 1.29 is 14.7 Å². The molecule has 1 aromatic carbocycles. The number of hydrogen-bond acceptors (Lipinski definition) is 2. The number of anilines is 1. The standard InChI is InChI=1S/C15H16BrNO3/c16-10-3-4-11-12(9-10)17(8-5-13(18)19)14(20)15(11)6-1-2-7-15/h3-4,9H,1-2,5-8H2,(H,18,19). The van der Waals surface area contributed by atoms with E-state index < -0.39 is 11.4 Å². The maximum atomic E-state index is 12.8. The number of fused-ring (bicyclic) bond motifs is 2. The molecule has 5 heteroatoms. The average molecular weight is 338 g/mol. The molecule has 0 aromatic heterocycles. The summed E-state index contributed by atoms with van der Waals surface area (Å²) in [5.41, 5.74) is 1.57. The third-order valence-electron chi connectivity index (χ3n) is 4.43. The van der Waals surface area contributed by atoms with Gasteiger partial charge in [0.2, 0.25) is 5.91 Å². The Kier molecular flexibility index (Phi) is 3.32. The third kappa shape index (κ3) is 1.95. The number of rotatable bonds is 3. The number of aliphatic carboxylic acids is 1. The highest BCUT2D eigenvalue weighted by molar-refractivity contribution is 9.10. The number of benzene rings is 1. The number of hydrogen-bond donors (Lipinski definition) is 1. The molecule has 0 bridgehead atoms. The summed E-state index contributed by atoms with van der Waals surface area (Å²) in [6.07, 6.45) is 3.86. The lowest BCUT2D eigenvalue weighted by Gasteiger charge is -2.23. The van der Waals surface area contributed by atoms with Crippen molar-refractivity contribution in [3.8, 4) is 0 Å². The summed E-state index contributed by atoms with van der Waals surface area (Å²) in [5, 5.41) is 8.87. The minimum atomic E-state index is -0.873. The van der Waals surface area contributed by atoms with Gasteiger partial charge in [-0.25, -0.2) is 0 Å². The minimum Gasteiger partial charge on any atom is -0.481 e. The van der Waals surface area contributed by atoms with Crippen molar-refractivity contribution in [2.75, 3.05) is 11.4 Å². The zero-order chi connectivity index (χ0) is 14.3. The zero-order valence-corrected chi connectivity index (χ0v) is 12.6. The van der Waals surface area contributed by atoms with Crippen LogP contribution in [0.25, 0.3) is 0 Å². The molecule has 0 unspecified atom stereocenters. The van der Waals surface area contributed by atoms with E-state index in [9.17, 15) is 9.59 Å². The molecule has 1 heterocycles. The van der Waals surface area contributed by atoms with E-state index in [0.29, 0.717) is 0 Å². The molecule has 1 saturated carbocycles. The molecule has 3 rings (SSSR count). The van der Waals surface area contributed by atoms with Crippen molar-refractivity contribution in [2.45, 2.75) is 37.5 Å². The van der Waals surface area contributed by atoms with Crippen LogP contribution in [-0.4, -0.2) is 23.5 Å². The first-order chi connectivity index (χ1) is 9.54. The van der Waals surface area contributed by atoms with Crippen LogP contribution in [0.4, 0.5) is 5.69 Å². The van der Waals surface area contributed by atoms with E-state index in [0.717, 1.165) is 41.4 Å². The molecule has 2 aliphatic rings. The van der Waals surface area contributed by atoms with E-state index in [1.807, 2.05) is 18.2 Å². The van der Waals surface area contributed by atoms with Gasteiger partial charge in [-0.15, -0.1) is 0 Å². The highest BCUT2D eigenvalue weighted by atomic mass is 79.9. The lowest BCUT2D eigenvalue weighted by Crippen LogP contribution is -2.39. The molecular formula is C15H16BrNO3. The smallest absolute Gasteiger partial charge is 0.305 e. The molecule has 1 aliphatic carbocycles. The van der Waals surface area contributed by atoms with Crippen LogP contribution in [0.15, 0.2) is 22.7 Å². The molecular weight excluding hydrogens is 322 g/mol. The lowest BCUT2D eigenvalue weighted by molar-refractivity contribution is -0.136. The summed E-state index contributed by atoms with van der Waals surface area (Å²) >= 11 is 3.44. The van der Waals surface area contributed by atoms with Crippen LogP contribution in [0.1, 0.15) is 37.7 Å². The van der Waals surface area contributed by atoms with E-state index >= 15 is 0 Å². The second-order valence-electron chi connectivity index (χ2n) is 5.55. The third-order valence-corrected chi connectivity index (χ3v) is 4.92. The van der Waals surface area contributed by atoms with Gasteiger partial charge < -0.3 is 10.0 Å². The van der Waals surface area contributed by atoms with Crippen LogP contribution < -0.4 is 4.90 Å². The fraction of sp³-hybridized carbons (Fsp3) is 0.467. The number of nitrogens with zero attached hydrogens (tertiary/aromatic N) is 1. The average Bonchev–Trinajstić information content (AvgIpc) is 2.96. The summed E-state index contributed by atoms with van der Waals surface area (Å²) in [7, 11) is 0. The van der Waals surface area contributed by atoms with E-state index in [-0.39, 0.29) is 18.9 Å². The topological polar surface area (TPSA) is 57.6 Å². The van der Waals surface area contributed by atoms with Gasteiger partial charge in [0.1, 0.15) is 0 Å². The van der Waals surface area contributed by atoms with Gasteiger partial charge in [0.25, 0.3) is 0 Å². The van der Waals surface area contributed by atoms with Crippen molar-refractivity contribution in [3.63, 3.8) is 0 Å². The van der Waals surface area contributed by atoms with Crippen LogP contribution >= 0.6 is 15.9 Å². The zero-order valence-electron chi connectivity index (χ0n) is 11.1. The largest absolute Gasteiger partial charge is 0.481 e. The van der Waals surface area contributed by atoms with Gasteiger partial charge >= 0.3 is 5.97 Å². The Balaban J connectivity index is 2.03. The van der Waals surface area contributed by atoms with Gasteiger partial charge in [-0.1, -0.05) is 34.8 Å². The summed E-state index contributed by atoms with van der Waals surface area (Å²) in [4.78, 5) is 25.3. The first-order valence-corrected chi connectivity index (χ1v) is 7.68. The summed E-state index contributed by atoms with van der Waals surface area (Å²) in [6, 6.07) is 5.92. The SMILES string of the molecule is O=C(O)CCN1C(=O)C2(CCCC2)c2ccc(Br)cc21. The summed E-state index contributed by atoms with van der Waals surface area (Å²) < 4.78 is 0.916. The Morgan fingerprint density at radius 2 is 2.05 bits per heavy atom. The van der Waals surface area contributed by atoms with Gasteiger partial charge in [-0.3, -0.25) is 9.59 Å². The number of amides is 1. The maximum absolute atomic E-state index is 12.8. The van der Waals surface area contributed by atoms with Crippen LogP contribution in [0.5, 0.6) is 0 Å². The van der Waals surface area contributed by atoms with Gasteiger partial charge in [-0.05, 0) is 30.5 Å². The Morgan fingerprint density at radius 3 is 2.70 bits per heavy atom. The second-order valence-corrected chi connectivity index (χ2v) is 6.47. The number of halogens is 1. The Hall–Kier alpha value is -1.36. The van der Waals surface area contributed by atoms with E-state index in [4.69, 9.17) is 5.11 Å². The van der Waals surface area contributed by atoms with Crippen LogP contribution in [0, 0.1) is 0 Å². The molecule has 1 aromatic rings. The highest BCUT2D eigenvalue weighted by Crippen LogP contribution is 2.51. The van der Waals surface area contributed by atoms with Gasteiger partial charge in [0.15, 0.2) is 0 Å². The monoisotopic (exact) mass is 337 g/mol. The molecule has 0 radical (unpaired) electrons. The maximum Gasteiger partial charge on any atom is 0.305 e. The molecule has 106 valence electrons. The molecule has 1 amide bonds. The highest BCUT2D eigenvalue weighted by Gasteiger charge is 2.51. The van der Waals surface area contributed by atoms with Crippen molar-refractivity contribution >= 4 is 33.5 Å². The number of carboxylic acids is 1. The number of carbonyl (C=O) groups excluding carboxylic acids is 1. The lowest BCUT2D eigenvalue weighted by atomic mass is 9.80. The number of carboxylic acid groups (broad SMARTS) is 1. The fourth-order valence-electron chi connectivity index (χ4n) is 3.51. The van der Waals surface area contributed by atoms with Crippen LogP contribution in [0.2, 0.25) is 0 Å². The number of carbonyl (C=O) groups is 2. The molecule has 4 nitrogen and oxygen atoms in total.